The molecule has 0 aliphatic carbocycles. The quantitative estimate of drug-likeness (QED) is 0.763. The Balaban J connectivity index is 1.85. The fraction of sp³-hybridized carbons (Fsp3) is 0.684. The van der Waals surface area contributed by atoms with Gasteiger partial charge in [0.05, 0.1) is 6.54 Å². The molecule has 3 heterocycles. The van der Waals surface area contributed by atoms with Gasteiger partial charge in [0.15, 0.2) is 0 Å². The van der Waals surface area contributed by atoms with Gasteiger partial charge < -0.3 is 9.80 Å². The van der Waals surface area contributed by atoms with Crippen LogP contribution in [0.3, 0.4) is 0 Å². The van der Waals surface area contributed by atoms with E-state index in [9.17, 15) is 4.79 Å². The first-order valence-electron chi connectivity index (χ1n) is 9.78. The van der Waals surface area contributed by atoms with Crippen LogP contribution in [-0.2, 0) is 13.1 Å². The number of nitrogens with zero attached hydrogens (tertiary/aromatic N) is 7. The van der Waals surface area contributed by atoms with Gasteiger partial charge in [0.1, 0.15) is 5.82 Å². The molecule has 1 saturated heterocycles. The topological polar surface area (TPSA) is 72.1 Å². The Kier molecular flexibility index (Phi) is 5.94. The average molecular weight is 374 g/mol. The van der Waals surface area contributed by atoms with Crippen molar-refractivity contribution in [1.29, 1.82) is 0 Å². The summed E-state index contributed by atoms with van der Waals surface area (Å²) in [5.74, 6) is 1.90. The Morgan fingerprint density at radius 3 is 2.56 bits per heavy atom. The summed E-state index contributed by atoms with van der Waals surface area (Å²) in [5.41, 5.74) is 1.96. The first-order chi connectivity index (χ1) is 12.9. The average Bonchev–Trinajstić information content (AvgIpc) is 2.95. The molecular weight excluding hydrogens is 342 g/mol. The van der Waals surface area contributed by atoms with Crippen molar-refractivity contribution in [1.82, 2.24) is 29.2 Å². The molecule has 1 atom stereocenters. The third kappa shape index (κ3) is 4.37. The number of piperidine rings is 1. The minimum atomic E-state index is -0.00544. The Bertz CT molecular complexity index is 819. The maximum atomic E-state index is 12.7. The normalized spacial score (nSPS) is 17.7. The van der Waals surface area contributed by atoms with Crippen LogP contribution in [0.15, 0.2) is 10.9 Å². The zero-order chi connectivity index (χ0) is 19.6. The number of hydrogen-bond acceptors (Lipinski definition) is 6. The van der Waals surface area contributed by atoms with Crippen molar-refractivity contribution in [3.8, 4) is 0 Å². The van der Waals surface area contributed by atoms with Crippen molar-refractivity contribution >= 4 is 5.95 Å². The van der Waals surface area contributed by atoms with Gasteiger partial charge in [-0.05, 0) is 53.8 Å². The lowest BCUT2D eigenvalue weighted by molar-refractivity contribution is 0.367. The molecule has 1 aliphatic rings. The molecule has 1 fully saturated rings. The fourth-order valence-electron chi connectivity index (χ4n) is 3.72. The highest BCUT2D eigenvalue weighted by molar-refractivity contribution is 5.34. The third-order valence-electron chi connectivity index (χ3n) is 5.07. The molecule has 0 amide bonds. The lowest BCUT2D eigenvalue weighted by atomic mass is 9.97. The van der Waals surface area contributed by atoms with Crippen molar-refractivity contribution in [2.75, 3.05) is 38.6 Å². The number of rotatable bonds is 6. The predicted molar refractivity (Wildman–Crippen MR) is 106 cm³/mol. The lowest BCUT2D eigenvalue weighted by Gasteiger charge is -2.32. The fourth-order valence-corrected chi connectivity index (χ4v) is 3.72. The molecule has 2 aromatic heterocycles. The summed E-state index contributed by atoms with van der Waals surface area (Å²) < 4.78 is 3.44. The van der Waals surface area contributed by atoms with Crippen molar-refractivity contribution in [2.24, 2.45) is 0 Å². The summed E-state index contributed by atoms with van der Waals surface area (Å²) in [6, 6.07) is 1.99. The molecular formula is C19H31N7O. The number of aromatic nitrogens is 5. The van der Waals surface area contributed by atoms with E-state index in [1.54, 1.807) is 4.68 Å². The molecule has 0 N–H and O–H groups in total. The first kappa shape index (κ1) is 19.5. The Morgan fingerprint density at radius 1 is 1.22 bits per heavy atom. The van der Waals surface area contributed by atoms with E-state index in [2.05, 4.69) is 19.8 Å². The van der Waals surface area contributed by atoms with E-state index in [1.165, 1.54) is 0 Å². The summed E-state index contributed by atoms with van der Waals surface area (Å²) in [5, 5.41) is 4.71. The molecule has 27 heavy (non-hydrogen) atoms. The molecule has 3 rings (SSSR count). The minimum Gasteiger partial charge on any atom is -0.340 e. The molecule has 1 aliphatic heterocycles. The van der Waals surface area contributed by atoms with Gasteiger partial charge in [-0.2, -0.15) is 5.10 Å². The van der Waals surface area contributed by atoms with Gasteiger partial charge in [-0.25, -0.2) is 19.4 Å². The third-order valence-corrected chi connectivity index (χ3v) is 5.07. The van der Waals surface area contributed by atoms with Crippen LogP contribution in [0.2, 0.25) is 0 Å². The molecule has 1 unspecified atom stereocenters. The summed E-state index contributed by atoms with van der Waals surface area (Å²) in [4.78, 5) is 26.3. The van der Waals surface area contributed by atoms with Gasteiger partial charge in [-0.3, -0.25) is 4.57 Å². The van der Waals surface area contributed by atoms with Crippen LogP contribution in [0.25, 0.3) is 0 Å². The van der Waals surface area contributed by atoms with Crippen LogP contribution < -0.4 is 10.6 Å². The second-order valence-electron chi connectivity index (χ2n) is 7.65. The van der Waals surface area contributed by atoms with Crippen molar-refractivity contribution in [3.05, 3.63) is 33.8 Å². The molecule has 8 nitrogen and oxygen atoms in total. The maximum absolute atomic E-state index is 12.7. The van der Waals surface area contributed by atoms with Gasteiger partial charge >= 0.3 is 5.69 Å². The van der Waals surface area contributed by atoms with E-state index in [4.69, 9.17) is 5.10 Å². The monoisotopic (exact) mass is 373 g/mol. The van der Waals surface area contributed by atoms with E-state index in [-0.39, 0.29) is 11.6 Å². The van der Waals surface area contributed by atoms with Crippen LogP contribution >= 0.6 is 0 Å². The van der Waals surface area contributed by atoms with Crippen LogP contribution in [0.4, 0.5) is 5.95 Å². The summed E-state index contributed by atoms with van der Waals surface area (Å²) in [6.45, 7) is 9.81. The molecule has 0 radical (unpaired) electrons. The summed E-state index contributed by atoms with van der Waals surface area (Å²) in [7, 11) is 4.01. The molecule has 0 spiro atoms. The van der Waals surface area contributed by atoms with Gasteiger partial charge in [0, 0.05) is 43.5 Å². The van der Waals surface area contributed by atoms with Crippen LogP contribution in [-0.4, -0.2) is 62.9 Å². The SMILES string of the molecule is CCn1c(C2CCCN(c3nc(C)cc(C)n3)C2)nn(CCN(C)C)c1=O. The van der Waals surface area contributed by atoms with Gasteiger partial charge in [0.2, 0.25) is 5.95 Å². The highest BCUT2D eigenvalue weighted by atomic mass is 16.2. The number of aryl methyl sites for hydroxylation is 2. The standard InChI is InChI=1S/C19H31N7O/c1-6-25-17(22-26(19(25)27)11-10-23(4)5)16-8-7-9-24(13-16)18-20-14(2)12-15(3)21-18/h12,16H,6-11,13H2,1-5H3. The van der Waals surface area contributed by atoms with Crippen molar-refractivity contribution in [3.63, 3.8) is 0 Å². The van der Waals surface area contributed by atoms with E-state index >= 15 is 0 Å². The molecule has 0 bridgehead atoms. The largest absolute Gasteiger partial charge is 0.345 e. The Morgan fingerprint density at radius 2 is 1.93 bits per heavy atom. The van der Waals surface area contributed by atoms with Crippen LogP contribution in [0.1, 0.15) is 42.9 Å². The number of likely N-dealkylation sites (N-methyl/N-ethyl adjacent to an activating group) is 1. The highest BCUT2D eigenvalue weighted by Crippen LogP contribution is 2.27. The van der Waals surface area contributed by atoms with E-state index < -0.39 is 0 Å². The maximum Gasteiger partial charge on any atom is 0.345 e. The molecule has 8 heteroatoms. The van der Waals surface area contributed by atoms with Crippen molar-refractivity contribution in [2.45, 2.75) is 52.6 Å². The number of anilines is 1. The van der Waals surface area contributed by atoms with Crippen LogP contribution in [0.5, 0.6) is 0 Å². The zero-order valence-corrected chi connectivity index (χ0v) is 17.1. The van der Waals surface area contributed by atoms with E-state index in [0.717, 1.165) is 55.6 Å². The van der Waals surface area contributed by atoms with Gasteiger partial charge in [0.25, 0.3) is 0 Å². The van der Waals surface area contributed by atoms with E-state index in [1.807, 2.05) is 45.5 Å². The van der Waals surface area contributed by atoms with Crippen molar-refractivity contribution < 1.29 is 0 Å². The lowest BCUT2D eigenvalue weighted by Crippen LogP contribution is -2.37. The molecule has 2 aromatic rings. The minimum absolute atomic E-state index is 0.00544. The Labute approximate surface area is 160 Å². The first-order valence-corrected chi connectivity index (χ1v) is 9.78. The highest BCUT2D eigenvalue weighted by Gasteiger charge is 2.28. The summed E-state index contributed by atoms with van der Waals surface area (Å²) >= 11 is 0. The van der Waals surface area contributed by atoms with Gasteiger partial charge in [-0.1, -0.05) is 0 Å². The number of hydrogen-bond donors (Lipinski definition) is 0. The molecule has 148 valence electrons. The smallest absolute Gasteiger partial charge is 0.340 e. The van der Waals surface area contributed by atoms with Gasteiger partial charge in [-0.15, -0.1) is 0 Å². The van der Waals surface area contributed by atoms with Crippen LogP contribution in [0, 0.1) is 13.8 Å². The Hall–Kier alpha value is -2.22. The van der Waals surface area contributed by atoms with E-state index in [0.29, 0.717) is 13.1 Å². The molecule has 0 saturated carbocycles. The summed E-state index contributed by atoms with van der Waals surface area (Å²) in [6.07, 6.45) is 2.08. The predicted octanol–water partition coefficient (Wildman–Crippen LogP) is 1.42. The zero-order valence-electron chi connectivity index (χ0n) is 17.1. The second-order valence-corrected chi connectivity index (χ2v) is 7.65. The second kappa shape index (κ2) is 8.21. The molecule has 0 aromatic carbocycles.